The van der Waals surface area contributed by atoms with E-state index in [1.165, 1.54) is 12.1 Å². The fourth-order valence-corrected chi connectivity index (χ4v) is 6.46. The number of nitrogens with one attached hydrogen (secondary N) is 2. The Morgan fingerprint density at radius 1 is 0.911 bits per heavy atom. The molecule has 8 heteroatoms. The molecule has 3 amide bonds. The number of rotatable bonds is 8. The van der Waals surface area contributed by atoms with E-state index in [0.29, 0.717) is 29.9 Å². The van der Waals surface area contributed by atoms with Gasteiger partial charge >= 0.3 is 0 Å². The van der Waals surface area contributed by atoms with Crippen molar-refractivity contribution in [2.75, 3.05) is 23.3 Å². The molecule has 0 saturated heterocycles. The minimum absolute atomic E-state index is 0.00425. The van der Waals surface area contributed by atoms with Gasteiger partial charge in [0.1, 0.15) is 5.82 Å². The first-order valence-corrected chi connectivity index (χ1v) is 15.5. The topological polar surface area (TPSA) is 83.4 Å². The molecule has 2 aliphatic rings. The van der Waals surface area contributed by atoms with Crippen molar-refractivity contribution >= 4 is 29.1 Å². The number of amides is 3. The van der Waals surface area contributed by atoms with Crippen molar-refractivity contribution in [2.45, 2.75) is 45.6 Å². The fraction of sp³-hybridized carbons (Fsp3) is 0.270. The Labute approximate surface area is 262 Å². The smallest absolute Gasteiger partial charge is 0.258 e. The van der Waals surface area contributed by atoms with Gasteiger partial charge in [-0.25, -0.2) is 4.39 Å². The molecule has 1 aliphatic heterocycles. The lowest BCUT2D eigenvalue weighted by molar-refractivity contribution is -0.117. The van der Waals surface area contributed by atoms with E-state index in [4.69, 9.17) is 0 Å². The summed E-state index contributed by atoms with van der Waals surface area (Å²) in [4.78, 5) is 41.5. The van der Waals surface area contributed by atoms with Gasteiger partial charge < -0.3 is 20.1 Å². The summed E-state index contributed by atoms with van der Waals surface area (Å²) in [5.74, 6) is -1.00. The van der Waals surface area contributed by atoms with Crippen LogP contribution in [0.15, 0.2) is 103 Å². The predicted octanol–water partition coefficient (Wildman–Crippen LogP) is 6.69. The highest BCUT2D eigenvalue weighted by Crippen LogP contribution is 2.46. The zero-order valence-corrected chi connectivity index (χ0v) is 25.4. The molecule has 230 valence electrons. The van der Waals surface area contributed by atoms with Gasteiger partial charge in [0.25, 0.3) is 11.8 Å². The first-order chi connectivity index (χ1) is 21.8. The Balaban J connectivity index is 1.13. The van der Waals surface area contributed by atoms with Gasteiger partial charge in [-0.3, -0.25) is 14.4 Å². The van der Waals surface area contributed by atoms with Crippen LogP contribution in [0.2, 0.25) is 0 Å². The summed E-state index contributed by atoms with van der Waals surface area (Å²) >= 11 is 0. The highest BCUT2D eigenvalue weighted by molar-refractivity contribution is 6.08. The summed E-state index contributed by atoms with van der Waals surface area (Å²) in [6.45, 7) is 3.77. The number of fused-ring (bicyclic) bond motifs is 1. The monoisotopic (exact) mass is 604 g/mol. The van der Waals surface area contributed by atoms with Crippen molar-refractivity contribution in [1.29, 1.82) is 0 Å². The molecule has 1 atom stereocenters. The second-order valence-corrected chi connectivity index (χ2v) is 12.1. The summed E-state index contributed by atoms with van der Waals surface area (Å²) in [6, 6.07) is 22.9. The minimum atomic E-state index is -0.474. The Morgan fingerprint density at radius 2 is 1.69 bits per heavy atom. The molecule has 45 heavy (non-hydrogen) atoms. The molecule has 0 saturated carbocycles. The molecule has 0 bridgehead atoms. The van der Waals surface area contributed by atoms with E-state index in [1.54, 1.807) is 37.3 Å². The summed E-state index contributed by atoms with van der Waals surface area (Å²) in [6.07, 6.45) is 10.2. The molecule has 2 heterocycles. The van der Waals surface area contributed by atoms with E-state index in [0.717, 1.165) is 55.5 Å². The molecule has 0 fully saturated rings. The standard InChI is InChI=1S/C37H37FN4O3/c1-26-9-12-30(38)23-32(26)35(44)40-31-13-10-27(11-14-31)36(45)42-22-17-37(24-28-7-2-3-8-33(28)42)16-15-29(25-37)34(43)39-18-6-21-41-19-4-5-20-41/h2-5,7-14,19-20,23,25H,6,15-18,21-22,24H2,1H3,(H,39,43)(H,40,44). The van der Waals surface area contributed by atoms with Crippen LogP contribution in [0.4, 0.5) is 15.8 Å². The van der Waals surface area contributed by atoms with Crippen molar-refractivity contribution in [2.24, 2.45) is 5.41 Å². The zero-order chi connectivity index (χ0) is 31.4. The third-order valence-corrected chi connectivity index (χ3v) is 8.95. The first-order valence-electron chi connectivity index (χ1n) is 15.5. The third-order valence-electron chi connectivity index (χ3n) is 8.95. The lowest BCUT2D eigenvalue weighted by Gasteiger charge is -2.26. The summed E-state index contributed by atoms with van der Waals surface area (Å²) in [7, 11) is 0. The molecule has 0 radical (unpaired) electrons. The maximum absolute atomic E-state index is 13.9. The molecule has 1 unspecified atom stereocenters. The van der Waals surface area contributed by atoms with Crippen LogP contribution >= 0.6 is 0 Å². The molecule has 2 N–H and O–H groups in total. The molecular weight excluding hydrogens is 567 g/mol. The van der Waals surface area contributed by atoms with Gasteiger partial charge in [0.05, 0.1) is 0 Å². The molecule has 3 aromatic carbocycles. The second-order valence-electron chi connectivity index (χ2n) is 12.1. The Bertz CT molecular complexity index is 1750. The van der Waals surface area contributed by atoms with Gasteiger partial charge in [-0.1, -0.05) is 30.3 Å². The van der Waals surface area contributed by atoms with Crippen molar-refractivity contribution in [3.63, 3.8) is 0 Å². The molecule has 6 rings (SSSR count). The molecule has 1 aromatic heterocycles. The summed E-state index contributed by atoms with van der Waals surface area (Å²) in [5.41, 5.74) is 4.57. The summed E-state index contributed by atoms with van der Waals surface area (Å²) in [5, 5.41) is 5.89. The maximum Gasteiger partial charge on any atom is 0.258 e. The van der Waals surface area contributed by atoms with Gasteiger partial charge in [-0.05, 0) is 110 Å². The highest BCUT2D eigenvalue weighted by atomic mass is 19.1. The minimum Gasteiger partial charge on any atom is -0.354 e. The van der Waals surface area contributed by atoms with Crippen LogP contribution in [0.25, 0.3) is 0 Å². The second kappa shape index (κ2) is 12.9. The number of carbonyl (C=O) groups excluding carboxylic acids is 3. The molecular formula is C37H37FN4O3. The van der Waals surface area contributed by atoms with Gasteiger partial charge in [-0.2, -0.15) is 0 Å². The lowest BCUT2D eigenvalue weighted by Crippen LogP contribution is -2.33. The molecule has 4 aromatic rings. The quantitative estimate of drug-likeness (QED) is 0.220. The predicted molar refractivity (Wildman–Crippen MR) is 174 cm³/mol. The Hall–Kier alpha value is -4.98. The lowest BCUT2D eigenvalue weighted by atomic mass is 9.79. The fourth-order valence-electron chi connectivity index (χ4n) is 6.46. The number of allylic oxidation sites excluding steroid dienone is 1. The largest absolute Gasteiger partial charge is 0.354 e. The van der Waals surface area contributed by atoms with Gasteiger partial charge in [0.2, 0.25) is 5.91 Å². The number of para-hydroxylation sites is 1. The molecule has 7 nitrogen and oxygen atoms in total. The van der Waals surface area contributed by atoms with E-state index >= 15 is 0 Å². The van der Waals surface area contributed by atoms with Gasteiger partial charge in [0, 0.05) is 60.1 Å². The van der Waals surface area contributed by atoms with E-state index in [-0.39, 0.29) is 22.8 Å². The van der Waals surface area contributed by atoms with E-state index in [1.807, 2.05) is 47.6 Å². The number of anilines is 2. The van der Waals surface area contributed by atoms with E-state index < -0.39 is 11.7 Å². The van der Waals surface area contributed by atoms with Crippen LogP contribution in [0, 0.1) is 18.2 Å². The van der Waals surface area contributed by atoms with Crippen molar-refractivity contribution in [3.05, 3.63) is 131 Å². The van der Waals surface area contributed by atoms with Crippen molar-refractivity contribution < 1.29 is 18.8 Å². The van der Waals surface area contributed by atoms with Crippen LogP contribution in [-0.2, 0) is 17.8 Å². The zero-order valence-electron chi connectivity index (χ0n) is 25.4. The normalized spacial score (nSPS) is 17.4. The van der Waals surface area contributed by atoms with Gasteiger partial charge in [0.15, 0.2) is 0 Å². The number of hydrogen-bond donors (Lipinski definition) is 2. The number of benzene rings is 3. The average Bonchev–Trinajstić information content (AvgIpc) is 3.68. The van der Waals surface area contributed by atoms with E-state index in [9.17, 15) is 18.8 Å². The highest BCUT2D eigenvalue weighted by Gasteiger charge is 2.39. The average molecular weight is 605 g/mol. The summed E-state index contributed by atoms with van der Waals surface area (Å²) < 4.78 is 15.8. The maximum atomic E-state index is 13.9. The van der Waals surface area contributed by atoms with Crippen LogP contribution in [0.5, 0.6) is 0 Å². The van der Waals surface area contributed by atoms with E-state index in [2.05, 4.69) is 27.3 Å². The van der Waals surface area contributed by atoms with Crippen LogP contribution in [0.3, 0.4) is 0 Å². The van der Waals surface area contributed by atoms with Crippen molar-refractivity contribution in [3.8, 4) is 0 Å². The van der Waals surface area contributed by atoms with Gasteiger partial charge in [-0.15, -0.1) is 0 Å². The van der Waals surface area contributed by atoms with Crippen molar-refractivity contribution in [1.82, 2.24) is 9.88 Å². The Kier molecular flexibility index (Phi) is 8.65. The number of hydrogen-bond acceptors (Lipinski definition) is 3. The van der Waals surface area contributed by atoms with Crippen LogP contribution in [-0.4, -0.2) is 35.4 Å². The number of aromatic nitrogens is 1. The number of nitrogens with zero attached hydrogens (tertiary/aromatic N) is 2. The Morgan fingerprint density at radius 3 is 2.49 bits per heavy atom. The molecule has 1 aliphatic carbocycles. The SMILES string of the molecule is Cc1ccc(F)cc1C(=O)Nc1ccc(C(=O)N2CCC3(C=C(C(=O)NCCCn4cccc4)CC3)Cc3ccccc32)cc1. The third kappa shape index (κ3) is 6.75. The van der Waals surface area contributed by atoms with Crippen LogP contribution in [0.1, 0.15) is 57.5 Å². The number of aryl methyl sites for hydroxylation is 2. The van der Waals surface area contributed by atoms with Crippen LogP contribution < -0.4 is 15.5 Å². The number of carbonyl (C=O) groups is 3. The number of halogens is 1. The molecule has 1 spiro atoms. The first kappa shape index (κ1) is 30.1.